The Morgan fingerprint density at radius 2 is 2.10 bits per heavy atom. The van der Waals surface area contributed by atoms with Crippen molar-refractivity contribution in [1.82, 2.24) is 0 Å². The fourth-order valence-electron chi connectivity index (χ4n) is 3.15. The first kappa shape index (κ1) is 17.6. The van der Waals surface area contributed by atoms with Crippen LogP contribution in [-0.4, -0.2) is 42.0 Å². The minimum atomic E-state index is -0.791. The average molecular weight is 301 g/mol. The third-order valence-corrected chi connectivity index (χ3v) is 4.30. The Bertz CT molecular complexity index is 372. The standard InChI is InChI=1S/C14H23NO6/c1-21-14(18)7-10(9-16)12(8-15(19)20)11-5-3-2-4-6-13(11)17/h9-13,17H,2-8H2,1H3. The summed E-state index contributed by atoms with van der Waals surface area (Å²) in [7, 11) is 1.22. The Morgan fingerprint density at radius 3 is 2.67 bits per heavy atom. The van der Waals surface area contributed by atoms with Gasteiger partial charge in [0.2, 0.25) is 6.54 Å². The molecule has 1 rings (SSSR count). The number of esters is 1. The first-order chi connectivity index (χ1) is 9.99. The van der Waals surface area contributed by atoms with Gasteiger partial charge >= 0.3 is 5.97 Å². The van der Waals surface area contributed by atoms with Crippen LogP contribution in [0.15, 0.2) is 0 Å². The number of hydrogen-bond donors (Lipinski definition) is 1. The Kier molecular flexibility index (Phi) is 7.28. The third-order valence-electron chi connectivity index (χ3n) is 4.30. The van der Waals surface area contributed by atoms with Gasteiger partial charge in [0.25, 0.3) is 0 Å². The molecule has 1 N–H and O–H groups in total. The molecule has 0 aromatic heterocycles. The van der Waals surface area contributed by atoms with Crippen molar-refractivity contribution in [3.05, 3.63) is 10.1 Å². The average Bonchev–Trinajstić information content (AvgIpc) is 2.66. The number of carbonyl (C=O) groups excluding carboxylic acids is 2. The van der Waals surface area contributed by atoms with Gasteiger partial charge in [-0.2, -0.15) is 0 Å². The lowest BCUT2D eigenvalue weighted by Gasteiger charge is -2.30. The molecule has 0 aliphatic heterocycles. The van der Waals surface area contributed by atoms with Gasteiger partial charge in [0, 0.05) is 16.8 Å². The zero-order valence-electron chi connectivity index (χ0n) is 12.3. The smallest absolute Gasteiger partial charge is 0.306 e. The molecule has 1 fully saturated rings. The van der Waals surface area contributed by atoms with Crippen molar-refractivity contribution in [2.45, 2.75) is 44.6 Å². The maximum absolute atomic E-state index is 11.4. The molecule has 0 saturated heterocycles. The van der Waals surface area contributed by atoms with Gasteiger partial charge in [-0.05, 0) is 18.8 Å². The predicted molar refractivity (Wildman–Crippen MR) is 74.1 cm³/mol. The number of aliphatic hydroxyl groups excluding tert-OH is 1. The Morgan fingerprint density at radius 1 is 1.43 bits per heavy atom. The van der Waals surface area contributed by atoms with E-state index in [1.165, 1.54) is 7.11 Å². The normalized spacial score (nSPS) is 25.4. The van der Waals surface area contributed by atoms with Crippen LogP contribution in [0.5, 0.6) is 0 Å². The van der Waals surface area contributed by atoms with Crippen LogP contribution in [0, 0.1) is 27.9 Å². The highest BCUT2D eigenvalue weighted by Crippen LogP contribution is 2.34. The van der Waals surface area contributed by atoms with Gasteiger partial charge in [-0.25, -0.2) is 0 Å². The minimum Gasteiger partial charge on any atom is -0.469 e. The summed E-state index contributed by atoms with van der Waals surface area (Å²) in [5.74, 6) is -2.31. The maximum atomic E-state index is 11.4. The number of ether oxygens (including phenoxy) is 1. The molecule has 0 aromatic carbocycles. The molecule has 120 valence electrons. The fraction of sp³-hybridized carbons (Fsp3) is 0.857. The largest absolute Gasteiger partial charge is 0.469 e. The van der Waals surface area contributed by atoms with E-state index in [9.17, 15) is 24.8 Å². The number of carbonyl (C=O) groups is 2. The lowest BCUT2D eigenvalue weighted by molar-refractivity contribution is -0.492. The summed E-state index contributed by atoms with van der Waals surface area (Å²) in [4.78, 5) is 33.1. The van der Waals surface area contributed by atoms with Crippen molar-refractivity contribution in [1.29, 1.82) is 0 Å². The Balaban J connectivity index is 2.92. The maximum Gasteiger partial charge on any atom is 0.306 e. The van der Waals surface area contributed by atoms with Crippen LogP contribution in [-0.2, 0) is 14.3 Å². The summed E-state index contributed by atoms with van der Waals surface area (Å²) < 4.78 is 4.55. The van der Waals surface area contributed by atoms with E-state index in [0.29, 0.717) is 19.1 Å². The molecule has 0 spiro atoms. The summed E-state index contributed by atoms with van der Waals surface area (Å²) >= 11 is 0. The van der Waals surface area contributed by atoms with E-state index in [1.54, 1.807) is 0 Å². The summed E-state index contributed by atoms with van der Waals surface area (Å²) in [5.41, 5.74) is 0. The minimum absolute atomic E-state index is 0.179. The molecule has 4 unspecified atom stereocenters. The van der Waals surface area contributed by atoms with Gasteiger partial charge in [0.05, 0.1) is 19.6 Å². The Labute approximate surface area is 123 Å². The molecule has 0 aromatic rings. The molecule has 1 aliphatic carbocycles. The molecule has 1 aliphatic rings. The lowest BCUT2D eigenvalue weighted by atomic mass is 9.75. The summed E-state index contributed by atoms with van der Waals surface area (Å²) in [6, 6.07) is 0. The quantitative estimate of drug-likeness (QED) is 0.249. The van der Waals surface area contributed by atoms with Crippen LogP contribution in [0.2, 0.25) is 0 Å². The summed E-state index contributed by atoms with van der Waals surface area (Å²) in [6.45, 7) is -0.415. The molecule has 21 heavy (non-hydrogen) atoms. The van der Waals surface area contributed by atoms with Crippen LogP contribution in [0.4, 0.5) is 0 Å². The molecule has 4 atom stereocenters. The first-order valence-corrected chi connectivity index (χ1v) is 7.31. The van der Waals surface area contributed by atoms with Crippen LogP contribution in [0.25, 0.3) is 0 Å². The number of nitro groups is 1. The van der Waals surface area contributed by atoms with Gasteiger partial charge in [-0.15, -0.1) is 0 Å². The second kappa shape index (κ2) is 8.71. The van der Waals surface area contributed by atoms with Gasteiger partial charge < -0.3 is 14.6 Å². The predicted octanol–water partition coefficient (Wildman–Crippen LogP) is 1.20. The van der Waals surface area contributed by atoms with Gasteiger partial charge in [0.1, 0.15) is 6.29 Å². The van der Waals surface area contributed by atoms with E-state index < -0.39 is 35.4 Å². The van der Waals surface area contributed by atoms with Crippen molar-refractivity contribution >= 4 is 12.3 Å². The zero-order valence-corrected chi connectivity index (χ0v) is 12.3. The molecular formula is C14H23NO6. The third kappa shape index (κ3) is 5.41. The van der Waals surface area contributed by atoms with Crippen molar-refractivity contribution < 1.29 is 24.4 Å². The highest BCUT2D eigenvalue weighted by Gasteiger charge is 2.38. The molecule has 1 saturated carbocycles. The topological polar surface area (TPSA) is 107 Å². The number of aliphatic hydroxyl groups is 1. The van der Waals surface area contributed by atoms with E-state index in [0.717, 1.165) is 19.3 Å². The second-order valence-corrected chi connectivity index (χ2v) is 5.63. The molecule has 0 radical (unpaired) electrons. The Hall–Kier alpha value is -1.50. The van der Waals surface area contributed by atoms with Crippen LogP contribution in [0.1, 0.15) is 38.5 Å². The highest BCUT2D eigenvalue weighted by molar-refractivity contribution is 5.73. The molecule has 0 heterocycles. The molecule has 0 amide bonds. The molecule has 0 bridgehead atoms. The van der Waals surface area contributed by atoms with Crippen molar-refractivity contribution in [2.75, 3.05) is 13.7 Å². The van der Waals surface area contributed by atoms with Crippen LogP contribution >= 0.6 is 0 Å². The SMILES string of the molecule is COC(=O)CC(C=O)C(C[N+](=O)[O-])C1CCCCCC1O. The monoisotopic (exact) mass is 301 g/mol. The molecule has 7 nitrogen and oxygen atoms in total. The number of nitrogens with zero attached hydrogens (tertiary/aromatic N) is 1. The van der Waals surface area contributed by atoms with E-state index in [-0.39, 0.29) is 12.3 Å². The van der Waals surface area contributed by atoms with Crippen molar-refractivity contribution in [2.24, 2.45) is 17.8 Å². The van der Waals surface area contributed by atoms with Crippen molar-refractivity contribution in [3.8, 4) is 0 Å². The van der Waals surface area contributed by atoms with E-state index >= 15 is 0 Å². The van der Waals surface area contributed by atoms with Gasteiger partial charge in [-0.1, -0.05) is 19.3 Å². The van der Waals surface area contributed by atoms with Gasteiger partial charge in [0.15, 0.2) is 0 Å². The number of methoxy groups -OCH3 is 1. The number of hydrogen-bond acceptors (Lipinski definition) is 6. The zero-order chi connectivity index (χ0) is 15.8. The fourth-order valence-corrected chi connectivity index (χ4v) is 3.15. The number of rotatable bonds is 7. The van der Waals surface area contributed by atoms with Crippen molar-refractivity contribution in [3.63, 3.8) is 0 Å². The summed E-state index contributed by atoms with van der Waals surface area (Å²) in [6.07, 6.45) is 3.71. The van der Waals surface area contributed by atoms with E-state index in [1.807, 2.05) is 0 Å². The second-order valence-electron chi connectivity index (χ2n) is 5.63. The van der Waals surface area contributed by atoms with Crippen LogP contribution in [0.3, 0.4) is 0 Å². The first-order valence-electron chi connectivity index (χ1n) is 7.31. The van der Waals surface area contributed by atoms with E-state index in [2.05, 4.69) is 4.74 Å². The van der Waals surface area contributed by atoms with E-state index in [4.69, 9.17) is 0 Å². The molecular weight excluding hydrogens is 278 g/mol. The highest BCUT2D eigenvalue weighted by atomic mass is 16.6. The van der Waals surface area contributed by atoms with Crippen LogP contribution < -0.4 is 0 Å². The van der Waals surface area contributed by atoms with Gasteiger partial charge in [-0.3, -0.25) is 14.9 Å². The summed E-state index contributed by atoms with van der Waals surface area (Å²) in [5, 5.41) is 21.1. The lowest BCUT2D eigenvalue weighted by Crippen LogP contribution is -2.38. The molecule has 7 heteroatoms. The number of aldehydes is 1.